The molecule has 2 aromatic carbocycles. The van der Waals surface area contributed by atoms with Crippen molar-refractivity contribution in [3.05, 3.63) is 68.7 Å². The number of rotatable bonds is 11. The molecule has 0 bridgehead atoms. The molecule has 0 radical (unpaired) electrons. The largest absolute Gasteiger partial charge is 0.484 e. The Hall–Kier alpha value is -3.10. The van der Waals surface area contributed by atoms with Gasteiger partial charge in [-0.25, -0.2) is 4.98 Å². The maximum atomic E-state index is 13.1. The Morgan fingerprint density at radius 1 is 1.09 bits per heavy atom. The zero-order valence-corrected chi connectivity index (χ0v) is 21.1. The standard InChI is InChI=1S/C25H27Cl2N3O5/c1-3-7-16(8-4-2)25(33)35-15-23(31)29-30-22(14-34-21-12-11-17(26)13-19(21)27)28-20-10-6-5-9-18(20)24(30)32/h5-6,9-13,16H,3-4,7-8,14-15H2,1-2H3,(H,29,31). The summed E-state index contributed by atoms with van der Waals surface area (Å²) in [6, 6.07) is 11.5. The van der Waals surface area contributed by atoms with E-state index in [1.54, 1.807) is 36.4 Å². The van der Waals surface area contributed by atoms with Gasteiger partial charge in [0.2, 0.25) is 0 Å². The minimum Gasteiger partial charge on any atom is -0.484 e. The number of nitrogens with one attached hydrogen (secondary N) is 1. The second-order valence-electron chi connectivity index (χ2n) is 7.97. The van der Waals surface area contributed by atoms with E-state index in [2.05, 4.69) is 10.4 Å². The normalized spacial score (nSPS) is 11.0. The van der Waals surface area contributed by atoms with E-state index in [4.69, 9.17) is 32.7 Å². The summed E-state index contributed by atoms with van der Waals surface area (Å²) in [5.41, 5.74) is 2.43. The van der Waals surface area contributed by atoms with E-state index in [0.29, 0.717) is 34.5 Å². The number of benzene rings is 2. The molecule has 0 fully saturated rings. The van der Waals surface area contributed by atoms with Gasteiger partial charge in [0.1, 0.15) is 12.4 Å². The van der Waals surface area contributed by atoms with Crippen LogP contribution in [0.1, 0.15) is 45.4 Å². The number of fused-ring (bicyclic) bond motifs is 1. The van der Waals surface area contributed by atoms with Crippen LogP contribution in [0.3, 0.4) is 0 Å². The third kappa shape index (κ3) is 6.96. The number of carbonyl (C=O) groups excluding carboxylic acids is 2. The highest BCUT2D eigenvalue weighted by molar-refractivity contribution is 6.35. The van der Waals surface area contributed by atoms with E-state index in [9.17, 15) is 14.4 Å². The Balaban J connectivity index is 1.80. The van der Waals surface area contributed by atoms with Gasteiger partial charge in [0.15, 0.2) is 12.4 Å². The molecule has 0 spiro atoms. The Kier molecular flexibility index (Phi) is 9.51. The topological polar surface area (TPSA) is 99.5 Å². The number of hydrogen-bond acceptors (Lipinski definition) is 6. The molecule has 35 heavy (non-hydrogen) atoms. The number of hydrogen-bond donors (Lipinski definition) is 1. The predicted molar refractivity (Wildman–Crippen MR) is 135 cm³/mol. The quantitative estimate of drug-likeness (QED) is 0.353. The summed E-state index contributed by atoms with van der Waals surface area (Å²) in [5, 5.41) is 1.05. The summed E-state index contributed by atoms with van der Waals surface area (Å²) in [4.78, 5) is 42.6. The Morgan fingerprint density at radius 2 is 1.80 bits per heavy atom. The molecule has 1 amide bonds. The maximum Gasteiger partial charge on any atom is 0.309 e. The molecule has 0 unspecified atom stereocenters. The third-order valence-corrected chi connectivity index (χ3v) is 5.82. The number of aromatic nitrogens is 2. The number of para-hydroxylation sites is 1. The molecule has 1 heterocycles. The van der Waals surface area contributed by atoms with Crippen molar-refractivity contribution in [1.29, 1.82) is 0 Å². The van der Waals surface area contributed by atoms with Crippen molar-refractivity contribution in [2.75, 3.05) is 12.0 Å². The van der Waals surface area contributed by atoms with Crippen molar-refractivity contribution in [3.63, 3.8) is 0 Å². The molecule has 0 aliphatic carbocycles. The first-order valence-electron chi connectivity index (χ1n) is 11.4. The smallest absolute Gasteiger partial charge is 0.309 e. The van der Waals surface area contributed by atoms with Crippen LogP contribution in [0.5, 0.6) is 5.75 Å². The number of carbonyl (C=O) groups is 2. The van der Waals surface area contributed by atoms with E-state index in [1.807, 2.05) is 13.8 Å². The molecule has 8 nitrogen and oxygen atoms in total. The molecule has 10 heteroatoms. The Morgan fingerprint density at radius 3 is 2.49 bits per heavy atom. The minimum atomic E-state index is -0.671. The van der Waals surface area contributed by atoms with E-state index >= 15 is 0 Å². The lowest BCUT2D eigenvalue weighted by Crippen LogP contribution is -2.39. The fourth-order valence-corrected chi connectivity index (χ4v) is 4.08. The highest BCUT2D eigenvalue weighted by atomic mass is 35.5. The summed E-state index contributed by atoms with van der Waals surface area (Å²) < 4.78 is 12.0. The SMILES string of the molecule is CCCC(CCC)C(=O)OCC(=O)Nn1c(COc2ccc(Cl)cc2Cl)nc2ccccc2c1=O. The Labute approximate surface area is 213 Å². The highest BCUT2D eigenvalue weighted by Crippen LogP contribution is 2.28. The van der Waals surface area contributed by atoms with Crippen LogP contribution in [0.15, 0.2) is 47.3 Å². The van der Waals surface area contributed by atoms with E-state index < -0.39 is 24.0 Å². The van der Waals surface area contributed by atoms with Gasteiger partial charge in [-0.1, -0.05) is 62.0 Å². The summed E-state index contributed by atoms with van der Waals surface area (Å²) in [6.07, 6.45) is 3.06. The van der Waals surface area contributed by atoms with Crippen molar-refractivity contribution in [2.24, 2.45) is 5.92 Å². The molecule has 1 aromatic heterocycles. The van der Waals surface area contributed by atoms with Crippen molar-refractivity contribution in [3.8, 4) is 5.75 Å². The van der Waals surface area contributed by atoms with Crippen molar-refractivity contribution < 1.29 is 19.1 Å². The number of ether oxygens (including phenoxy) is 2. The van der Waals surface area contributed by atoms with Gasteiger partial charge in [-0.05, 0) is 43.2 Å². The summed E-state index contributed by atoms with van der Waals surface area (Å²) in [5.74, 6) is -0.878. The molecule has 0 aliphatic heterocycles. The van der Waals surface area contributed by atoms with Crippen LogP contribution in [0, 0.1) is 5.92 Å². The van der Waals surface area contributed by atoms with Crippen molar-refractivity contribution in [2.45, 2.75) is 46.1 Å². The zero-order valence-electron chi connectivity index (χ0n) is 19.6. The number of amides is 1. The molecule has 3 aromatic rings. The van der Waals surface area contributed by atoms with Crippen LogP contribution in [0.25, 0.3) is 10.9 Å². The number of nitrogens with zero attached hydrogens (tertiary/aromatic N) is 2. The first-order chi connectivity index (χ1) is 16.8. The van der Waals surface area contributed by atoms with E-state index in [-0.39, 0.29) is 23.4 Å². The average Bonchev–Trinajstić information content (AvgIpc) is 2.84. The van der Waals surface area contributed by atoms with Crippen LogP contribution in [-0.4, -0.2) is 28.1 Å². The van der Waals surface area contributed by atoms with Crippen LogP contribution >= 0.6 is 23.2 Å². The van der Waals surface area contributed by atoms with Crippen LogP contribution in [-0.2, 0) is 20.9 Å². The summed E-state index contributed by atoms with van der Waals surface area (Å²) >= 11 is 12.1. The van der Waals surface area contributed by atoms with Gasteiger partial charge >= 0.3 is 5.97 Å². The van der Waals surface area contributed by atoms with Gasteiger partial charge in [-0.3, -0.25) is 19.8 Å². The summed E-state index contributed by atoms with van der Waals surface area (Å²) in [7, 11) is 0. The first-order valence-corrected chi connectivity index (χ1v) is 12.1. The third-order valence-electron chi connectivity index (χ3n) is 5.29. The fraction of sp³-hybridized carbons (Fsp3) is 0.360. The van der Waals surface area contributed by atoms with Crippen LogP contribution in [0.4, 0.5) is 0 Å². The second kappa shape index (κ2) is 12.6. The lowest BCUT2D eigenvalue weighted by molar-refractivity contribution is -0.152. The lowest BCUT2D eigenvalue weighted by atomic mass is 9.99. The van der Waals surface area contributed by atoms with Gasteiger partial charge < -0.3 is 9.47 Å². The van der Waals surface area contributed by atoms with Crippen molar-refractivity contribution in [1.82, 2.24) is 9.66 Å². The molecule has 0 saturated heterocycles. The molecule has 0 saturated carbocycles. The molecule has 0 aliphatic rings. The van der Waals surface area contributed by atoms with Gasteiger partial charge in [0.05, 0.1) is 21.8 Å². The van der Waals surface area contributed by atoms with Gasteiger partial charge in [-0.15, -0.1) is 0 Å². The van der Waals surface area contributed by atoms with Gasteiger partial charge in [0.25, 0.3) is 11.5 Å². The highest BCUT2D eigenvalue weighted by Gasteiger charge is 2.20. The molecule has 1 N–H and O–H groups in total. The number of halogens is 2. The predicted octanol–water partition coefficient (Wildman–Crippen LogP) is 5.11. The monoisotopic (exact) mass is 519 g/mol. The second-order valence-corrected chi connectivity index (χ2v) is 8.81. The van der Waals surface area contributed by atoms with E-state index in [1.165, 1.54) is 6.07 Å². The average molecular weight is 520 g/mol. The fourth-order valence-electron chi connectivity index (χ4n) is 3.61. The van der Waals surface area contributed by atoms with Gasteiger partial charge in [-0.2, -0.15) is 4.68 Å². The first kappa shape index (κ1) is 26.5. The van der Waals surface area contributed by atoms with Gasteiger partial charge in [0, 0.05) is 5.02 Å². The molecule has 186 valence electrons. The Bertz CT molecular complexity index is 1260. The van der Waals surface area contributed by atoms with Crippen molar-refractivity contribution >= 4 is 46.0 Å². The van der Waals surface area contributed by atoms with E-state index in [0.717, 1.165) is 17.5 Å². The minimum absolute atomic E-state index is 0.134. The number of esters is 1. The zero-order chi connectivity index (χ0) is 25.4. The van der Waals surface area contributed by atoms with Crippen LogP contribution < -0.4 is 15.7 Å². The maximum absolute atomic E-state index is 13.1. The lowest BCUT2D eigenvalue weighted by Gasteiger charge is -2.17. The molecular weight excluding hydrogens is 493 g/mol. The van der Waals surface area contributed by atoms with Crippen LogP contribution in [0.2, 0.25) is 10.0 Å². The summed E-state index contributed by atoms with van der Waals surface area (Å²) in [6.45, 7) is 3.28. The molecule has 3 rings (SSSR count). The molecule has 0 atom stereocenters. The molecular formula is C25H27Cl2N3O5.